The average molecular weight is 475 g/mol. The molecule has 1 amide bonds. The number of rotatable bonds is 2. The van der Waals surface area contributed by atoms with E-state index in [1.54, 1.807) is 22.6 Å². The predicted octanol–water partition coefficient (Wildman–Crippen LogP) is 5.52. The zero-order valence-electron chi connectivity index (χ0n) is 18.6. The molecule has 0 aliphatic carbocycles. The van der Waals surface area contributed by atoms with Crippen LogP contribution in [-0.2, 0) is 17.4 Å². The van der Waals surface area contributed by atoms with Crippen molar-refractivity contribution < 1.29 is 18.0 Å². The van der Waals surface area contributed by atoms with Crippen molar-refractivity contribution in [2.45, 2.75) is 45.7 Å². The van der Waals surface area contributed by atoms with Gasteiger partial charge in [0.1, 0.15) is 17.0 Å². The SMILES string of the molecule is Cc1sc2ncnc(N3CCC(C(=O)N4CCCc5cc(C(F)(F)F)ccc54)CC3)c2c1C. The van der Waals surface area contributed by atoms with E-state index in [2.05, 4.69) is 28.7 Å². The number of fused-ring (bicyclic) bond motifs is 2. The smallest absolute Gasteiger partial charge is 0.356 e. The number of anilines is 2. The third-order valence-electron chi connectivity index (χ3n) is 6.88. The van der Waals surface area contributed by atoms with Crippen LogP contribution >= 0.6 is 11.3 Å². The summed E-state index contributed by atoms with van der Waals surface area (Å²) in [5, 5.41) is 1.09. The van der Waals surface area contributed by atoms with Crippen molar-refractivity contribution in [3.63, 3.8) is 0 Å². The minimum atomic E-state index is -4.38. The number of aryl methyl sites for hydroxylation is 3. The molecule has 1 saturated heterocycles. The Balaban J connectivity index is 1.32. The Hall–Kier alpha value is -2.68. The standard InChI is InChI=1S/C24H25F3N4OS/c1-14-15(2)33-22-20(14)21(28-13-29-22)30-10-7-16(8-11-30)23(32)31-9-3-4-17-12-18(24(25,26)27)5-6-19(17)31/h5-6,12-13,16H,3-4,7-11H2,1-2H3. The summed E-state index contributed by atoms with van der Waals surface area (Å²) < 4.78 is 39.3. The van der Waals surface area contributed by atoms with Crippen LogP contribution in [0.25, 0.3) is 10.2 Å². The van der Waals surface area contributed by atoms with E-state index < -0.39 is 11.7 Å². The van der Waals surface area contributed by atoms with Gasteiger partial charge in [-0.2, -0.15) is 13.2 Å². The Morgan fingerprint density at radius 3 is 2.61 bits per heavy atom. The maximum absolute atomic E-state index is 13.4. The number of hydrogen-bond acceptors (Lipinski definition) is 5. The molecule has 2 aliphatic heterocycles. The lowest BCUT2D eigenvalue weighted by Crippen LogP contribution is -2.44. The highest BCUT2D eigenvalue weighted by Crippen LogP contribution is 2.38. The van der Waals surface area contributed by atoms with E-state index in [1.165, 1.54) is 22.6 Å². The van der Waals surface area contributed by atoms with Crippen LogP contribution < -0.4 is 9.80 Å². The van der Waals surface area contributed by atoms with Crippen molar-refractivity contribution in [2.24, 2.45) is 5.92 Å². The highest BCUT2D eigenvalue weighted by atomic mass is 32.1. The molecule has 2 aliphatic rings. The van der Waals surface area contributed by atoms with Crippen LogP contribution in [-0.4, -0.2) is 35.5 Å². The maximum atomic E-state index is 13.4. The summed E-state index contributed by atoms with van der Waals surface area (Å²) >= 11 is 1.67. The molecule has 174 valence electrons. The topological polar surface area (TPSA) is 49.3 Å². The Morgan fingerprint density at radius 2 is 1.88 bits per heavy atom. The van der Waals surface area contributed by atoms with Gasteiger partial charge in [0.25, 0.3) is 0 Å². The van der Waals surface area contributed by atoms with Gasteiger partial charge in [-0.25, -0.2) is 9.97 Å². The molecule has 1 fully saturated rings. The number of alkyl halides is 3. The molecule has 5 rings (SSSR count). The monoisotopic (exact) mass is 474 g/mol. The quantitative estimate of drug-likeness (QED) is 0.491. The predicted molar refractivity (Wildman–Crippen MR) is 124 cm³/mol. The van der Waals surface area contributed by atoms with Gasteiger partial charge in [-0.15, -0.1) is 11.3 Å². The third kappa shape index (κ3) is 3.96. The number of hydrogen-bond donors (Lipinski definition) is 0. The molecule has 0 bridgehead atoms. The van der Waals surface area contributed by atoms with Crippen molar-refractivity contribution in [3.8, 4) is 0 Å². The normalized spacial score (nSPS) is 17.5. The molecule has 33 heavy (non-hydrogen) atoms. The van der Waals surface area contributed by atoms with Crippen LogP contribution in [0.4, 0.5) is 24.7 Å². The summed E-state index contributed by atoms with van der Waals surface area (Å²) in [5.74, 6) is 0.804. The number of thiophene rings is 1. The Morgan fingerprint density at radius 1 is 1.12 bits per heavy atom. The minimum absolute atomic E-state index is 0.0192. The van der Waals surface area contributed by atoms with Crippen LogP contribution in [0.5, 0.6) is 0 Å². The lowest BCUT2D eigenvalue weighted by molar-refractivity contribution is -0.137. The molecule has 0 radical (unpaired) electrons. The van der Waals surface area contributed by atoms with Crippen molar-refractivity contribution in [3.05, 3.63) is 46.1 Å². The second-order valence-electron chi connectivity index (χ2n) is 8.86. The molecule has 0 spiro atoms. The number of piperidine rings is 1. The van der Waals surface area contributed by atoms with Gasteiger partial charge in [0.05, 0.1) is 10.9 Å². The van der Waals surface area contributed by atoms with Gasteiger partial charge in [-0.3, -0.25) is 4.79 Å². The van der Waals surface area contributed by atoms with E-state index in [-0.39, 0.29) is 11.8 Å². The van der Waals surface area contributed by atoms with E-state index in [0.717, 1.165) is 22.1 Å². The van der Waals surface area contributed by atoms with Crippen LogP contribution in [0.1, 0.15) is 40.8 Å². The van der Waals surface area contributed by atoms with Gasteiger partial charge in [0.2, 0.25) is 5.91 Å². The number of halogens is 3. The van der Waals surface area contributed by atoms with Crippen LogP contribution in [0.2, 0.25) is 0 Å². The molecule has 0 N–H and O–H groups in total. The number of nitrogens with zero attached hydrogens (tertiary/aromatic N) is 4. The number of carbonyl (C=O) groups is 1. The summed E-state index contributed by atoms with van der Waals surface area (Å²) in [6.45, 7) is 6.16. The number of amides is 1. The molecule has 2 aromatic heterocycles. The van der Waals surface area contributed by atoms with Crippen molar-refractivity contribution >= 4 is 39.0 Å². The van der Waals surface area contributed by atoms with Gasteiger partial charge >= 0.3 is 6.18 Å². The molecule has 1 aromatic carbocycles. The second-order valence-corrected chi connectivity index (χ2v) is 10.1. The number of benzene rings is 1. The molecule has 4 heterocycles. The van der Waals surface area contributed by atoms with Crippen LogP contribution in [0.3, 0.4) is 0 Å². The molecule has 0 saturated carbocycles. The average Bonchev–Trinajstić information content (AvgIpc) is 3.11. The maximum Gasteiger partial charge on any atom is 0.416 e. The lowest BCUT2D eigenvalue weighted by Gasteiger charge is -2.37. The Kier molecular flexibility index (Phi) is 5.55. The second kappa shape index (κ2) is 8.27. The summed E-state index contributed by atoms with van der Waals surface area (Å²) in [7, 11) is 0. The van der Waals surface area contributed by atoms with E-state index in [1.807, 2.05) is 0 Å². The number of aromatic nitrogens is 2. The lowest BCUT2D eigenvalue weighted by atomic mass is 9.92. The zero-order chi connectivity index (χ0) is 23.3. The van der Waals surface area contributed by atoms with Gasteiger partial charge in [-0.05, 0) is 68.9 Å². The molecule has 3 aromatic rings. The van der Waals surface area contributed by atoms with E-state index >= 15 is 0 Å². The molecule has 9 heteroatoms. The molecule has 0 unspecified atom stereocenters. The first-order valence-electron chi connectivity index (χ1n) is 11.2. The number of carbonyl (C=O) groups excluding carboxylic acids is 1. The first-order valence-corrected chi connectivity index (χ1v) is 12.0. The largest absolute Gasteiger partial charge is 0.416 e. The highest BCUT2D eigenvalue weighted by Gasteiger charge is 2.35. The van der Waals surface area contributed by atoms with Gasteiger partial charge in [0.15, 0.2) is 0 Å². The summed E-state index contributed by atoms with van der Waals surface area (Å²) in [5.41, 5.74) is 1.78. The van der Waals surface area contributed by atoms with Crippen molar-refractivity contribution in [1.82, 2.24) is 9.97 Å². The first-order chi connectivity index (χ1) is 15.7. The van der Waals surface area contributed by atoms with E-state index in [9.17, 15) is 18.0 Å². The first kappa shape index (κ1) is 22.1. The van der Waals surface area contributed by atoms with Gasteiger partial charge in [0, 0.05) is 36.1 Å². The minimum Gasteiger partial charge on any atom is -0.356 e. The molecular weight excluding hydrogens is 449 g/mol. The Labute approximate surface area is 194 Å². The molecule has 5 nitrogen and oxygen atoms in total. The van der Waals surface area contributed by atoms with E-state index in [4.69, 9.17) is 0 Å². The van der Waals surface area contributed by atoms with Crippen LogP contribution in [0, 0.1) is 19.8 Å². The Bertz CT molecular complexity index is 1210. The third-order valence-corrected chi connectivity index (χ3v) is 8.00. The van der Waals surface area contributed by atoms with Crippen molar-refractivity contribution in [1.29, 1.82) is 0 Å². The fourth-order valence-corrected chi connectivity index (χ4v) is 5.96. The summed E-state index contributed by atoms with van der Waals surface area (Å²) in [4.78, 5) is 28.5. The van der Waals surface area contributed by atoms with Crippen LogP contribution in [0.15, 0.2) is 24.5 Å². The zero-order valence-corrected chi connectivity index (χ0v) is 19.4. The van der Waals surface area contributed by atoms with E-state index in [0.29, 0.717) is 56.6 Å². The summed E-state index contributed by atoms with van der Waals surface area (Å²) in [6.07, 6.45) is -0.152. The summed E-state index contributed by atoms with van der Waals surface area (Å²) in [6, 6.07) is 3.74. The fraction of sp³-hybridized carbons (Fsp3) is 0.458. The van der Waals surface area contributed by atoms with Gasteiger partial charge in [-0.1, -0.05) is 0 Å². The highest BCUT2D eigenvalue weighted by molar-refractivity contribution is 7.18. The molecular formula is C24H25F3N4OS. The van der Waals surface area contributed by atoms with Crippen molar-refractivity contribution in [2.75, 3.05) is 29.4 Å². The van der Waals surface area contributed by atoms with Gasteiger partial charge < -0.3 is 9.80 Å². The fourth-order valence-electron chi connectivity index (χ4n) is 4.96. The molecule has 0 atom stereocenters.